The number of rotatable bonds is 12. The zero-order valence-corrected chi connectivity index (χ0v) is 29.5. The molecule has 10 nitrogen and oxygen atoms in total. The fourth-order valence-corrected chi connectivity index (χ4v) is 8.49. The van der Waals surface area contributed by atoms with Crippen molar-refractivity contribution >= 4 is 57.8 Å². The number of carboxylic acid groups (broad SMARTS) is 1. The molecule has 1 aromatic heterocycles. The summed E-state index contributed by atoms with van der Waals surface area (Å²) in [6.07, 6.45) is 3.54. The van der Waals surface area contributed by atoms with E-state index in [1.165, 1.54) is 35.1 Å². The molecule has 0 saturated carbocycles. The number of hydrogen-bond acceptors (Lipinski definition) is 9. The average Bonchev–Trinajstić information content (AvgIpc) is 3.66. The van der Waals surface area contributed by atoms with Crippen molar-refractivity contribution in [3.8, 4) is 0 Å². The van der Waals surface area contributed by atoms with Crippen molar-refractivity contribution in [3.63, 3.8) is 0 Å². The van der Waals surface area contributed by atoms with Gasteiger partial charge in [0.15, 0.2) is 10.8 Å². The summed E-state index contributed by atoms with van der Waals surface area (Å²) in [5.74, 6) is -2.06. The number of aliphatic carboxylic acids is 1. The number of fused-ring (bicyclic) bond motifs is 1. The van der Waals surface area contributed by atoms with Crippen LogP contribution in [0, 0.1) is 0 Å². The van der Waals surface area contributed by atoms with Crippen LogP contribution in [0.2, 0.25) is 0 Å². The quantitative estimate of drug-likeness (QED) is 0.0587. The van der Waals surface area contributed by atoms with Crippen LogP contribution >= 0.6 is 23.1 Å². The number of nitrogens with zero attached hydrogens (tertiary/aromatic N) is 3. The molecule has 0 spiro atoms. The van der Waals surface area contributed by atoms with E-state index in [-0.39, 0.29) is 17.1 Å². The summed E-state index contributed by atoms with van der Waals surface area (Å²) in [5, 5.41) is 22.2. The highest BCUT2D eigenvalue weighted by atomic mass is 32.2. The van der Waals surface area contributed by atoms with Crippen molar-refractivity contribution < 1.29 is 24.3 Å². The Kier molecular flexibility index (Phi) is 10.0. The van der Waals surface area contributed by atoms with Gasteiger partial charge in [0.05, 0.1) is 0 Å². The molecule has 0 radical (unpaired) electrons. The molecule has 7 rings (SSSR count). The average molecular weight is 728 g/mol. The number of carbonyl (C=O) groups excluding carboxylic acids is 2. The molecule has 1 fully saturated rings. The van der Waals surface area contributed by atoms with Crippen LogP contribution in [0.1, 0.15) is 27.9 Å². The van der Waals surface area contributed by atoms with E-state index >= 15 is 0 Å². The molecule has 1 unspecified atom stereocenters. The first-order valence-electron chi connectivity index (χ1n) is 16.4. The Labute approximate surface area is 308 Å². The molecule has 2 amide bonds. The maximum absolute atomic E-state index is 13.8. The summed E-state index contributed by atoms with van der Waals surface area (Å²) in [6.45, 7) is 0. The van der Waals surface area contributed by atoms with Gasteiger partial charge >= 0.3 is 5.97 Å². The van der Waals surface area contributed by atoms with Gasteiger partial charge in [-0.3, -0.25) is 14.5 Å². The highest BCUT2D eigenvalue weighted by Gasteiger charge is 2.54. The van der Waals surface area contributed by atoms with Crippen LogP contribution in [-0.4, -0.2) is 62.8 Å². The number of thioether (sulfide) groups is 1. The summed E-state index contributed by atoms with van der Waals surface area (Å²) in [7, 11) is 1.33. The molecule has 2 aliphatic rings. The van der Waals surface area contributed by atoms with E-state index < -0.39 is 34.7 Å². The van der Waals surface area contributed by atoms with Crippen molar-refractivity contribution in [1.29, 1.82) is 0 Å². The molecule has 5 aromatic rings. The largest absolute Gasteiger partial charge is 0.477 e. The lowest BCUT2D eigenvalue weighted by Crippen LogP contribution is -2.71. The maximum Gasteiger partial charge on any atom is 0.352 e. The van der Waals surface area contributed by atoms with Crippen LogP contribution < -0.4 is 10.6 Å². The predicted octanol–water partition coefficient (Wildman–Crippen LogP) is 6.35. The lowest BCUT2D eigenvalue weighted by atomic mass is 9.77. The summed E-state index contributed by atoms with van der Waals surface area (Å²) in [5.41, 5.74) is 3.56. The molecule has 3 heterocycles. The first-order chi connectivity index (χ1) is 25.4. The smallest absolute Gasteiger partial charge is 0.352 e. The second-order valence-electron chi connectivity index (χ2n) is 11.9. The third-order valence-electron chi connectivity index (χ3n) is 8.82. The first-order valence-corrected chi connectivity index (χ1v) is 18.3. The SMILES string of the molecule is CON=C(C(=O)NC1C(=O)N2C(C(=O)O)=C(C=Cc3ccccc3)CS[C@@H]12)c1csc(NC(c2ccccc2)(c2ccccc2)c2ccccc2)n1. The fraction of sp³-hybridized carbons (Fsp3) is 0.125. The number of aromatic nitrogens is 1. The second kappa shape index (κ2) is 15.1. The van der Waals surface area contributed by atoms with E-state index in [2.05, 4.69) is 52.2 Å². The third kappa shape index (κ3) is 6.61. The number of β-lactam (4-membered cyclic amide) rings is 1. The van der Waals surface area contributed by atoms with Crippen LogP contribution in [0.3, 0.4) is 0 Å². The number of anilines is 1. The highest BCUT2D eigenvalue weighted by Crippen LogP contribution is 2.42. The minimum absolute atomic E-state index is 0.0915. The number of allylic oxidation sites excluding steroid dienone is 1. The number of nitrogens with one attached hydrogen (secondary N) is 2. The number of amides is 2. The van der Waals surface area contributed by atoms with Crippen molar-refractivity contribution in [1.82, 2.24) is 15.2 Å². The second-order valence-corrected chi connectivity index (χ2v) is 13.9. The molecule has 0 bridgehead atoms. The molecule has 12 heteroatoms. The molecule has 0 aliphatic carbocycles. The summed E-state index contributed by atoms with van der Waals surface area (Å²) in [4.78, 5) is 50.6. The van der Waals surface area contributed by atoms with Gasteiger partial charge in [0.1, 0.15) is 35.5 Å². The van der Waals surface area contributed by atoms with Crippen molar-refractivity contribution in [2.45, 2.75) is 17.0 Å². The number of carbonyl (C=O) groups is 3. The van der Waals surface area contributed by atoms with Gasteiger partial charge in [0.25, 0.3) is 11.8 Å². The first kappa shape index (κ1) is 34.5. The van der Waals surface area contributed by atoms with Gasteiger partial charge in [0, 0.05) is 11.1 Å². The van der Waals surface area contributed by atoms with Gasteiger partial charge in [-0.1, -0.05) is 139 Å². The van der Waals surface area contributed by atoms with E-state index in [9.17, 15) is 19.5 Å². The van der Waals surface area contributed by atoms with Crippen molar-refractivity contribution in [2.24, 2.45) is 5.16 Å². The zero-order valence-electron chi connectivity index (χ0n) is 27.9. The molecule has 2 atom stereocenters. The van der Waals surface area contributed by atoms with Gasteiger partial charge in [-0.15, -0.1) is 23.1 Å². The van der Waals surface area contributed by atoms with Crippen LogP contribution in [-0.2, 0) is 24.8 Å². The summed E-state index contributed by atoms with van der Waals surface area (Å²) >= 11 is 2.68. The zero-order chi connectivity index (χ0) is 36.1. The van der Waals surface area contributed by atoms with Crippen molar-refractivity contribution in [3.05, 3.63) is 172 Å². The monoisotopic (exact) mass is 727 g/mol. The Morgan fingerprint density at radius 1 is 0.885 bits per heavy atom. The van der Waals surface area contributed by atoms with Gasteiger partial charge < -0.3 is 20.6 Å². The number of thiazole rings is 1. The number of hydrogen-bond donors (Lipinski definition) is 3. The van der Waals surface area contributed by atoms with Crippen LogP contribution in [0.5, 0.6) is 0 Å². The minimum atomic E-state index is -1.21. The maximum atomic E-state index is 13.8. The Bertz CT molecular complexity index is 2080. The van der Waals surface area contributed by atoms with Gasteiger partial charge in [-0.25, -0.2) is 9.78 Å². The molecular weight excluding hydrogens is 695 g/mol. The molecule has 1 saturated heterocycles. The normalized spacial score (nSPS) is 17.4. The molecule has 2 aliphatic heterocycles. The Hall–Kier alpha value is -5.98. The molecule has 4 aromatic carbocycles. The molecule has 52 heavy (non-hydrogen) atoms. The van der Waals surface area contributed by atoms with E-state index in [0.717, 1.165) is 22.3 Å². The minimum Gasteiger partial charge on any atom is -0.477 e. The lowest BCUT2D eigenvalue weighted by Gasteiger charge is -2.49. The van der Waals surface area contributed by atoms with Gasteiger partial charge in [-0.05, 0) is 27.8 Å². The van der Waals surface area contributed by atoms with Crippen LogP contribution in [0.25, 0.3) is 6.08 Å². The van der Waals surface area contributed by atoms with E-state index in [0.29, 0.717) is 16.5 Å². The topological polar surface area (TPSA) is 133 Å². The number of oxime groups is 1. The summed E-state index contributed by atoms with van der Waals surface area (Å²) in [6, 6.07) is 38.7. The summed E-state index contributed by atoms with van der Waals surface area (Å²) < 4.78 is 0. The van der Waals surface area contributed by atoms with E-state index in [1.807, 2.05) is 91.0 Å². The highest BCUT2D eigenvalue weighted by molar-refractivity contribution is 8.00. The standard InChI is InChI=1S/C40H33N5O5S2/c1-50-44-32(35(46)42-33-36(47)45-34(38(48)49)27(24-51-37(33)45)23-22-26-14-6-2-7-15-26)31-25-52-39(41-31)43-40(28-16-8-3-9-17-28,29-18-10-4-11-19-29)30-20-12-5-13-21-30/h2-23,25,33,37H,24H2,1H3,(H,41,43)(H,42,46)(H,48,49)/t33?,37-/m0/s1. The lowest BCUT2D eigenvalue weighted by molar-refractivity contribution is -0.150. The fourth-order valence-electron chi connectivity index (χ4n) is 6.42. The molecule has 260 valence electrons. The van der Waals surface area contributed by atoms with Crippen LogP contribution in [0.4, 0.5) is 5.13 Å². The number of benzene rings is 4. The van der Waals surface area contributed by atoms with E-state index in [4.69, 9.17) is 9.82 Å². The predicted molar refractivity (Wildman–Crippen MR) is 204 cm³/mol. The van der Waals surface area contributed by atoms with E-state index in [1.54, 1.807) is 11.5 Å². The molecular formula is C40H33N5O5S2. The van der Waals surface area contributed by atoms with Crippen molar-refractivity contribution in [2.75, 3.05) is 18.2 Å². The van der Waals surface area contributed by atoms with Crippen LogP contribution in [0.15, 0.2) is 149 Å². The van der Waals surface area contributed by atoms with Gasteiger partial charge in [-0.2, -0.15) is 0 Å². The third-order valence-corrected chi connectivity index (χ3v) is 10.9. The molecule has 3 N–H and O–H groups in total. The number of carboxylic acids is 1. The van der Waals surface area contributed by atoms with Gasteiger partial charge in [0.2, 0.25) is 0 Å². The Balaban J connectivity index is 1.14. The Morgan fingerprint density at radius 2 is 1.44 bits per heavy atom. The Morgan fingerprint density at radius 3 is 1.98 bits per heavy atom.